The van der Waals surface area contributed by atoms with E-state index in [0.717, 1.165) is 6.42 Å². The molecule has 0 aromatic rings. The van der Waals surface area contributed by atoms with E-state index in [4.69, 9.17) is 4.74 Å². The predicted molar refractivity (Wildman–Crippen MR) is 102 cm³/mol. The SMILES string of the molecule is C=CC=CCCCC.CCP(CC)(CC)=NC1=CC=CC1.[Ti]. The average Bonchev–Trinajstić information content (AvgIpc) is 3.03. The molecule has 0 saturated heterocycles. The summed E-state index contributed by atoms with van der Waals surface area (Å²) in [4.78, 5) is 0. The molecule has 0 aliphatic heterocycles. The molecule has 1 aliphatic carbocycles. The monoisotopic (exact) mass is 355 g/mol. The van der Waals surface area contributed by atoms with Gasteiger partial charge in [-0.2, -0.15) is 0 Å². The van der Waals surface area contributed by atoms with Gasteiger partial charge in [0.15, 0.2) is 0 Å². The first-order chi connectivity index (χ1) is 10.2. The third-order valence-corrected chi connectivity index (χ3v) is 8.07. The zero-order valence-electron chi connectivity index (χ0n) is 15.0. The predicted octanol–water partition coefficient (Wildman–Crippen LogP) is 7.01. The molecule has 0 N–H and O–H groups in total. The fourth-order valence-electron chi connectivity index (χ4n) is 2.18. The van der Waals surface area contributed by atoms with Gasteiger partial charge in [-0.05, 0) is 38.0 Å². The van der Waals surface area contributed by atoms with Crippen molar-refractivity contribution in [3.63, 3.8) is 0 Å². The molecule has 0 unspecified atom stereocenters. The Hall–Kier alpha value is -0.0957. The van der Waals surface area contributed by atoms with E-state index < -0.39 is 7.05 Å². The maximum Gasteiger partial charge on any atom is 0.0425 e. The molecule has 0 atom stereocenters. The van der Waals surface area contributed by atoms with Gasteiger partial charge in [0.05, 0.1) is 0 Å². The molecule has 124 valence electrons. The molecule has 1 rings (SSSR count). The van der Waals surface area contributed by atoms with Crippen molar-refractivity contribution in [3.8, 4) is 0 Å². The van der Waals surface area contributed by atoms with Crippen molar-refractivity contribution >= 4 is 7.05 Å². The topological polar surface area (TPSA) is 12.4 Å². The fourth-order valence-corrected chi connectivity index (χ4v) is 4.64. The molecule has 0 heterocycles. The average molecular weight is 355 g/mol. The molecule has 0 spiro atoms. The van der Waals surface area contributed by atoms with Crippen molar-refractivity contribution in [2.24, 2.45) is 4.74 Å². The van der Waals surface area contributed by atoms with Crippen LogP contribution < -0.4 is 0 Å². The zero-order chi connectivity index (χ0) is 16.0. The van der Waals surface area contributed by atoms with Crippen LogP contribution in [0, 0.1) is 0 Å². The van der Waals surface area contributed by atoms with Crippen molar-refractivity contribution in [3.05, 3.63) is 48.7 Å². The molecule has 1 nitrogen and oxygen atoms in total. The number of allylic oxidation sites excluding steroid dienone is 6. The Morgan fingerprint density at radius 2 is 1.82 bits per heavy atom. The quantitative estimate of drug-likeness (QED) is 0.192. The number of hydrogen-bond acceptors (Lipinski definition) is 1. The minimum absolute atomic E-state index is 0. The van der Waals surface area contributed by atoms with Crippen LogP contribution in [0.25, 0.3) is 0 Å². The van der Waals surface area contributed by atoms with Gasteiger partial charge < -0.3 is 0 Å². The zero-order valence-corrected chi connectivity index (χ0v) is 17.5. The first kappa shape index (κ1) is 24.2. The van der Waals surface area contributed by atoms with E-state index in [1.165, 1.54) is 43.4 Å². The van der Waals surface area contributed by atoms with Crippen LogP contribution in [0.3, 0.4) is 0 Å². The molecule has 1 aliphatic rings. The van der Waals surface area contributed by atoms with Gasteiger partial charge in [0.1, 0.15) is 0 Å². The molecule has 3 heteroatoms. The fraction of sp³-hybridized carbons (Fsp3) is 0.579. The number of rotatable bonds is 8. The maximum atomic E-state index is 4.97. The standard InChI is InChI=1S/C11H20NP.C8H14.Ti/c1-4-13(5-2,6-3)12-11-9-7-8-10-11;1-3-5-7-8-6-4-2;/h7-9H,4-6,10H2,1-3H3;3,5,7H,1,4,6,8H2,2H3;. The Kier molecular flexibility index (Phi) is 17.3. The summed E-state index contributed by atoms with van der Waals surface area (Å²) in [6.07, 6.45) is 21.0. The second-order valence-corrected chi connectivity index (χ2v) is 9.53. The summed E-state index contributed by atoms with van der Waals surface area (Å²) in [7, 11) is -0.971. The molecule has 0 bridgehead atoms. The minimum atomic E-state index is -0.971. The van der Waals surface area contributed by atoms with E-state index >= 15 is 0 Å². The van der Waals surface area contributed by atoms with E-state index in [2.05, 4.69) is 58.6 Å². The van der Waals surface area contributed by atoms with E-state index in [9.17, 15) is 0 Å². The van der Waals surface area contributed by atoms with E-state index in [1.807, 2.05) is 12.2 Å². The minimum Gasteiger partial charge on any atom is -0.272 e. The van der Waals surface area contributed by atoms with Crippen LogP contribution in [0.4, 0.5) is 0 Å². The third-order valence-electron chi connectivity index (χ3n) is 3.85. The molecule has 0 amide bonds. The summed E-state index contributed by atoms with van der Waals surface area (Å²) in [5.74, 6) is 0. The van der Waals surface area contributed by atoms with Gasteiger partial charge in [-0.15, -0.1) is 0 Å². The summed E-state index contributed by atoms with van der Waals surface area (Å²) in [5, 5.41) is 0. The molecular weight excluding hydrogens is 321 g/mol. The Labute approximate surface area is 154 Å². The van der Waals surface area contributed by atoms with Crippen LogP contribution in [0.1, 0.15) is 53.4 Å². The second-order valence-electron chi connectivity index (χ2n) is 5.24. The van der Waals surface area contributed by atoms with E-state index in [1.54, 1.807) is 0 Å². The molecular formula is C19H34NPTi. The number of unbranched alkanes of at least 4 members (excludes halogenated alkanes) is 2. The molecule has 0 saturated carbocycles. The van der Waals surface area contributed by atoms with Crippen molar-refractivity contribution in [1.29, 1.82) is 0 Å². The molecule has 0 fully saturated rings. The Bertz CT molecular complexity index is 400. The smallest absolute Gasteiger partial charge is 0.0425 e. The van der Waals surface area contributed by atoms with Gasteiger partial charge in [-0.3, -0.25) is 4.74 Å². The van der Waals surface area contributed by atoms with Crippen LogP contribution in [0.5, 0.6) is 0 Å². The summed E-state index contributed by atoms with van der Waals surface area (Å²) < 4.78 is 4.97. The van der Waals surface area contributed by atoms with Crippen LogP contribution in [0.15, 0.2) is 53.5 Å². The second kappa shape index (κ2) is 15.8. The summed E-state index contributed by atoms with van der Waals surface area (Å²) in [5.41, 5.74) is 1.30. The van der Waals surface area contributed by atoms with Crippen LogP contribution in [-0.4, -0.2) is 18.5 Å². The number of hydrogen-bond donors (Lipinski definition) is 0. The summed E-state index contributed by atoms with van der Waals surface area (Å²) in [6.45, 7) is 12.6. The maximum absolute atomic E-state index is 4.97. The van der Waals surface area contributed by atoms with Gasteiger partial charge in [-0.25, -0.2) is 0 Å². The third kappa shape index (κ3) is 10.6. The van der Waals surface area contributed by atoms with Gasteiger partial charge in [0.25, 0.3) is 0 Å². The van der Waals surface area contributed by atoms with Gasteiger partial charge in [-0.1, -0.05) is 77.5 Å². The molecule has 22 heavy (non-hydrogen) atoms. The number of nitrogens with zero attached hydrogens (tertiary/aromatic N) is 1. The van der Waals surface area contributed by atoms with Gasteiger partial charge in [0.2, 0.25) is 0 Å². The van der Waals surface area contributed by atoms with Crippen LogP contribution in [-0.2, 0) is 21.7 Å². The summed E-state index contributed by atoms with van der Waals surface area (Å²) in [6, 6.07) is 0. The van der Waals surface area contributed by atoms with E-state index in [0.29, 0.717) is 0 Å². The van der Waals surface area contributed by atoms with Crippen molar-refractivity contribution < 1.29 is 21.7 Å². The molecule has 0 radical (unpaired) electrons. The largest absolute Gasteiger partial charge is 0.272 e. The normalized spacial score (nSPS) is 13.2. The first-order valence-corrected chi connectivity index (χ1v) is 10.7. The van der Waals surface area contributed by atoms with Crippen molar-refractivity contribution in [2.75, 3.05) is 18.5 Å². The Balaban J connectivity index is 0. The van der Waals surface area contributed by atoms with Gasteiger partial charge >= 0.3 is 0 Å². The van der Waals surface area contributed by atoms with E-state index in [-0.39, 0.29) is 21.7 Å². The molecule has 0 aromatic carbocycles. The first-order valence-electron chi connectivity index (χ1n) is 8.40. The molecule has 0 aromatic heterocycles. The van der Waals surface area contributed by atoms with Crippen LogP contribution >= 0.6 is 7.05 Å². The van der Waals surface area contributed by atoms with Crippen molar-refractivity contribution in [2.45, 2.75) is 53.4 Å². The summed E-state index contributed by atoms with van der Waals surface area (Å²) >= 11 is 0. The Morgan fingerprint density at radius 1 is 1.18 bits per heavy atom. The Morgan fingerprint density at radius 3 is 2.23 bits per heavy atom. The van der Waals surface area contributed by atoms with Crippen molar-refractivity contribution in [1.82, 2.24) is 0 Å². The van der Waals surface area contributed by atoms with Gasteiger partial charge in [0, 0.05) is 33.8 Å². The van der Waals surface area contributed by atoms with Crippen LogP contribution in [0.2, 0.25) is 0 Å².